The molecule has 5 rings (SSSR count). The lowest BCUT2D eigenvalue weighted by Gasteiger charge is -2.30. The zero-order chi connectivity index (χ0) is 28.2. The number of benzene rings is 2. The molecule has 0 radical (unpaired) electrons. The molecule has 206 valence electrons. The molecule has 4 aromatic rings. The molecule has 1 saturated heterocycles. The van der Waals surface area contributed by atoms with E-state index in [9.17, 15) is 13.2 Å². The van der Waals surface area contributed by atoms with Crippen LogP contribution >= 0.6 is 0 Å². The minimum Gasteiger partial charge on any atom is -0.410 e. The number of morpholine rings is 1. The van der Waals surface area contributed by atoms with Crippen LogP contribution < -0.4 is 15.0 Å². The van der Waals surface area contributed by atoms with Gasteiger partial charge in [0.25, 0.3) is 0 Å². The Morgan fingerprint density at radius 2 is 1.65 bits per heavy atom. The summed E-state index contributed by atoms with van der Waals surface area (Å²) >= 11 is 0. The zero-order valence-electron chi connectivity index (χ0n) is 22.1. The topological polar surface area (TPSA) is 124 Å². The summed E-state index contributed by atoms with van der Waals surface area (Å²) in [6.45, 7) is 5.58. The predicted molar refractivity (Wildman–Crippen MR) is 151 cm³/mol. The van der Waals surface area contributed by atoms with Crippen molar-refractivity contribution >= 4 is 27.4 Å². The van der Waals surface area contributed by atoms with Crippen molar-refractivity contribution < 1.29 is 22.7 Å². The first-order valence-electron chi connectivity index (χ1n) is 12.8. The minimum absolute atomic E-state index is 0.0223. The minimum atomic E-state index is -3.89. The third-order valence-corrected chi connectivity index (χ3v) is 8.94. The van der Waals surface area contributed by atoms with Crippen molar-refractivity contribution in [1.29, 1.82) is 0 Å². The van der Waals surface area contributed by atoms with Crippen LogP contribution in [0.4, 0.5) is 16.3 Å². The molecule has 1 fully saturated rings. The van der Waals surface area contributed by atoms with Crippen molar-refractivity contribution in [3.8, 4) is 17.1 Å². The lowest BCUT2D eigenvalue weighted by Crippen LogP contribution is -2.37. The zero-order valence-corrected chi connectivity index (χ0v) is 23.0. The Bertz CT molecular complexity index is 1570. The highest BCUT2D eigenvalue weighted by Crippen LogP contribution is 2.35. The molecule has 1 aliphatic rings. The lowest BCUT2D eigenvalue weighted by molar-refractivity contribution is 0.122. The molecule has 0 spiro atoms. The summed E-state index contributed by atoms with van der Waals surface area (Å²) in [5.41, 5.74) is 1.52. The highest BCUT2D eigenvalue weighted by molar-refractivity contribution is 7.92. The van der Waals surface area contributed by atoms with Gasteiger partial charge in [-0.15, -0.1) is 0 Å². The molecule has 0 bridgehead atoms. The number of rotatable bonds is 7. The normalized spacial score (nSPS) is 14.0. The van der Waals surface area contributed by atoms with E-state index in [2.05, 4.69) is 15.2 Å². The molecule has 0 unspecified atom stereocenters. The fourth-order valence-corrected chi connectivity index (χ4v) is 5.53. The van der Waals surface area contributed by atoms with Crippen LogP contribution in [0.5, 0.6) is 5.75 Å². The van der Waals surface area contributed by atoms with Crippen molar-refractivity contribution in [3.63, 3.8) is 0 Å². The average molecular weight is 560 g/mol. The Hall–Kier alpha value is -4.35. The number of amides is 1. The van der Waals surface area contributed by atoms with Crippen LogP contribution in [0.25, 0.3) is 11.4 Å². The number of ether oxygens (including phenoxy) is 2. The Morgan fingerprint density at radius 1 is 0.950 bits per heavy atom. The van der Waals surface area contributed by atoms with E-state index in [1.165, 1.54) is 12.3 Å². The van der Waals surface area contributed by atoms with Gasteiger partial charge in [0.2, 0.25) is 9.84 Å². The van der Waals surface area contributed by atoms with Crippen LogP contribution in [0.2, 0.25) is 0 Å². The lowest BCUT2D eigenvalue weighted by atomic mass is 10.1. The molecular formula is C29H29N5O5S. The van der Waals surface area contributed by atoms with E-state index < -0.39 is 20.7 Å². The van der Waals surface area contributed by atoms with Gasteiger partial charge in [-0.2, -0.15) is 0 Å². The van der Waals surface area contributed by atoms with Gasteiger partial charge >= 0.3 is 6.09 Å². The number of para-hydroxylation sites is 1. The third-order valence-electron chi connectivity index (χ3n) is 6.59. The fraction of sp³-hybridized carbons (Fsp3) is 0.241. The van der Waals surface area contributed by atoms with E-state index in [4.69, 9.17) is 19.4 Å². The number of hydrogen-bond acceptors (Lipinski definition) is 9. The van der Waals surface area contributed by atoms with Gasteiger partial charge in [-0.25, -0.2) is 28.2 Å². The van der Waals surface area contributed by atoms with Gasteiger partial charge in [0.1, 0.15) is 16.3 Å². The number of carbonyl (C=O) groups excluding carboxylic acids is 1. The quantitative estimate of drug-likeness (QED) is 0.343. The smallest absolute Gasteiger partial charge is 0.410 e. The van der Waals surface area contributed by atoms with Crippen molar-refractivity contribution in [2.45, 2.75) is 23.6 Å². The van der Waals surface area contributed by atoms with Crippen LogP contribution in [0.1, 0.15) is 19.5 Å². The molecule has 0 aliphatic carbocycles. The number of carbonyl (C=O) groups is 1. The van der Waals surface area contributed by atoms with Gasteiger partial charge in [-0.1, -0.05) is 24.3 Å². The molecule has 0 atom stereocenters. The van der Waals surface area contributed by atoms with Crippen LogP contribution in [-0.2, 0) is 19.3 Å². The molecule has 0 saturated carbocycles. The number of hydrogen-bond donors (Lipinski definition) is 1. The van der Waals surface area contributed by atoms with Crippen LogP contribution in [-0.4, -0.2) is 55.8 Å². The van der Waals surface area contributed by atoms with Crippen LogP contribution in [0.15, 0.2) is 90.1 Å². The monoisotopic (exact) mass is 559 g/mol. The number of anilines is 2. The van der Waals surface area contributed by atoms with Crippen molar-refractivity contribution in [1.82, 2.24) is 15.0 Å². The van der Waals surface area contributed by atoms with Gasteiger partial charge in [0, 0.05) is 36.6 Å². The van der Waals surface area contributed by atoms with E-state index in [1.807, 2.05) is 6.07 Å². The second kappa shape index (κ2) is 11.4. The Morgan fingerprint density at radius 3 is 2.33 bits per heavy atom. The fourth-order valence-electron chi connectivity index (χ4n) is 4.17. The van der Waals surface area contributed by atoms with Crippen molar-refractivity contribution in [2.24, 2.45) is 0 Å². The Labute approximate surface area is 232 Å². The molecule has 2 aromatic carbocycles. The molecule has 1 amide bonds. The van der Waals surface area contributed by atoms with Gasteiger partial charge in [0.15, 0.2) is 10.9 Å². The SMILES string of the molecule is CC(C)(c1cc(N2CCOCC2)nc(-c2ccc(NC(=O)Oc3ccccc3)cc2)n1)S(=O)(=O)c1ccccn1. The summed E-state index contributed by atoms with van der Waals surface area (Å²) < 4.78 is 36.7. The summed E-state index contributed by atoms with van der Waals surface area (Å²) in [5.74, 6) is 1.41. The van der Waals surface area contributed by atoms with Gasteiger partial charge in [-0.05, 0) is 62.4 Å². The van der Waals surface area contributed by atoms with Crippen molar-refractivity contribution in [2.75, 3.05) is 36.5 Å². The van der Waals surface area contributed by atoms with E-state index >= 15 is 0 Å². The van der Waals surface area contributed by atoms with Crippen LogP contribution in [0.3, 0.4) is 0 Å². The van der Waals surface area contributed by atoms with E-state index in [0.29, 0.717) is 60.6 Å². The standard InChI is InChI=1S/C29H29N5O5S/c1-29(2,40(36,37)26-10-6-7-15-30-26)24-20-25(34-16-18-38-19-17-34)33-27(32-24)21-11-13-22(14-12-21)31-28(35)39-23-8-4-3-5-9-23/h3-15,20H,16-19H2,1-2H3,(H,31,35). The molecule has 2 aromatic heterocycles. The molecule has 11 heteroatoms. The average Bonchev–Trinajstić information content (AvgIpc) is 2.98. The number of pyridine rings is 1. The summed E-state index contributed by atoms with van der Waals surface area (Å²) in [4.78, 5) is 27.9. The summed E-state index contributed by atoms with van der Waals surface area (Å²) in [6.07, 6.45) is 0.840. The molecule has 3 heterocycles. The molecule has 10 nitrogen and oxygen atoms in total. The van der Waals surface area contributed by atoms with Gasteiger partial charge in [0.05, 0.1) is 18.9 Å². The predicted octanol–water partition coefficient (Wildman–Crippen LogP) is 4.70. The largest absolute Gasteiger partial charge is 0.417 e. The maximum atomic E-state index is 13.7. The number of sulfone groups is 1. The van der Waals surface area contributed by atoms with Gasteiger partial charge in [-0.3, -0.25) is 5.32 Å². The highest BCUT2D eigenvalue weighted by Gasteiger charge is 2.40. The van der Waals surface area contributed by atoms with E-state index in [1.54, 1.807) is 80.6 Å². The first kappa shape index (κ1) is 27.2. The molecular weight excluding hydrogens is 530 g/mol. The first-order valence-corrected chi connectivity index (χ1v) is 14.2. The Kier molecular flexibility index (Phi) is 7.76. The van der Waals surface area contributed by atoms with Crippen molar-refractivity contribution in [3.05, 3.63) is 90.8 Å². The summed E-state index contributed by atoms with van der Waals surface area (Å²) in [7, 11) is -3.89. The summed E-state index contributed by atoms with van der Waals surface area (Å²) in [5, 5.41) is 2.67. The second-order valence-corrected chi connectivity index (χ2v) is 12.1. The molecule has 1 aliphatic heterocycles. The highest BCUT2D eigenvalue weighted by atomic mass is 32.2. The number of nitrogens with one attached hydrogen (secondary N) is 1. The van der Waals surface area contributed by atoms with E-state index in [-0.39, 0.29) is 5.03 Å². The summed E-state index contributed by atoms with van der Waals surface area (Å²) in [6, 6.07) is 22.2. The Balaban J connectivity index is 1.46. The van der Waals surface area contributed by atoms with Gasteiger partial charge < -0.3 is 14.4 Å². The maximum Gasteiger partial charge on any atom is 0.417 e. The number of nitrogens with zero attached hydrogens (tertiary/aromatic N) is 4. The molecule has 40 heavy (non-hydrogen) atoms. The second-order valence-electron chi connectivity index (χ2n) is 9.62. The molecule has 1 N–H and O–H groups in total. The maximum absolute atomic E-state index is 13.7. The van der Waals surface area contributed by atoms with E-state index in [0.717, 1.165) is 0 Å². The number of aromatic nitrogens is 3. The van der Waals surface area contributed by atoms with Crippen LogP contribution in [0, 0.1) is 0 Å². The first-order chi connectivity index (χ1) is 19.2. The third kappa shape index (κ3) is 5.80.